The largest absolute Gasteiger partial charge is 0.378 e. The van der Waals surface area contributed by atoms with E-state index in [0.717, 1.165) is 28.9 Å². The number of hydrogen-bond donors (Lipinski definition) is 3. The molecule has 0 aliphatic carbocycles. The minimum absolute atomic E-state index is 0.0570. The van der Waals surface area contributed by atoms with Crippen LogP contribution in [0.4, 0.5) is 22.9 Å². The zero-order chi connectivity index (χ0) is 37.2. The number of rotatable bonds is 9. The average Bonchev–Trinajstić information content (AvgIpc) is 3.48. The summed E-state index contributed by atoms with van der Waals surface area (Å²) in [7, 11) is -9.29. The van der Waals surface area contributed by atoms with Gasteiger partial charge in [-0.05, 0) is 48.5 Å². The van der Waals surface area contributed by atoms with Gasteiger partial charge in [0, 0.05) is 29.9 Å². The fraction of sp³-hybridized carbons (Fsp3) is 0.121. The molecular formula is C33H25Cl2N7O8S2. The van der Waals surface area contributed by atoms with E-state index in [0.29, 0.717) is 37.6 Å². The monoisotopic (exact) mass is 781 g/mol. The molecule has 1 amide bonds. The summed E-state index contributed by atoms with van der Waals surface area (Å²) in [5.41, 5.74) is 1.44. The first-order chi connectivity index (χ1) is 24.7. The van der Waals surface area contributed by atoms with E-state index in [1.165, 1.54) is 12.1 Å². The molecule has 0 unspecified atom stereocenters. The molecule has 0 saturated carbocycles. The average molecular weight is 783 g/mol. The van der Waals surface area contributed by atoms with Crippen LogP contribution in [0.15, 0.2) is 105 Å². The molecule has 0 spiro atoms. The van der Waals surface area contributed by atoms with Gasteiger partial charge in [-0.25, -0.2) is 4.68 Å². The highest BCUT2D eigenvalue weighted by atomic mass is 35.5. The Morgan fingerprint density at radius 1 is 0.865 bits per heavy atom. The minimum Gasteiger partial charge on any atom is -0.378 e. The second-order valence-electron chi connectivity index (χ2n) is 11.1. The normalized spacial score (nSPS) is 13.6. The van der Waals surface area contributed by atoms with Crippen LogP contribution in [0.3, 0.4) is 0 Å². The van der Waals surface area contributed by atoms with Crippen LogP contribution in [0.25, 0.3) is 16.9 Å². The highest BCUT2D eigenvalue weighted by Gasteiger charge is 2.26. The van der Waals surface area contributed by atoms with Gasteiger partial charge >= 0.3 is 0 Å². The molecule has 0 radical (unpaired) electrons. The highest BCUT2D eigenvalue weighted by Crippen LogP contribution is 2.40. The number of amides is 1. The number of benzene rings is 4. The number of nitrogens with zero attached hydrogens (tertiary/aromatic N) is 6. The maximum atomic E-state index is 13.4. The van der Waals surface area contributed by atoms with E-state index in [2.05, 4.69) is 26.7 Å². The Kier molecular flexibility index (Phi) is 10.4. The van der Waals surface area contributed by atoms with E-state index < -0.39 is 35.9 Å². The number of anilines is 2. The predicted molar refractivity (Wildman–Crippen MR) is 191 cm³/mol. The topological polar surface area (TPSA) is 217 Å². The van der Waals surface area contributed by atoms with Gasteiger partial charge in [-0.15, -0.1) is 10.2 Å². The minimum atomic E-state index is -4.69. The summed E-state index contributed by atoms with van der Waals surface area (Å²) in [5, 5.41) is 25.9. The molecule has 1 aromatic heterocycles. The zero-order valence-electron chi connectivity index (χ0n) is 26.5. The van der Waals surface area contributed by atoms with Crippen LogP contribution in [0.2, 0.25) is 10.0 Å². The summed E-state index contributed by atoms with van der Waals surface area (Å²) < 4.78 is 72.8. The van der Waals surface area contributed by atoms with Crippen LogP contribution in [0, 0.1) is 11.3 Å². The molecule has 5 aromatic rings. The predicted octanol–water partition coefficient (Wildman–Crippen LogP) is 6.72. The smallest absolute Gasteiger partial charge is 0.294 e. The summed E-state index contributed by atoms with van der Waals surface area (Å²) in [6, 6.07) is 22.4. The molecule has 0 atom stereocenters. The molecule has 1 fully saturated rings. The van der Waals surface area contributed by atoms with E-state index in [1.54, 1.807) is 48.5 Å². The third kappa shape index (κ3) is 7.83. The Morgan fingerprint density at radius 2 is 1.54 bits per heavy atom. The second-order valence-corrected chi connectivity index (χ2v) is 14.8. The van der Waals surface area contributed by atoms with E-state index in [1.807, 2.05) is 4.90 Å². The Morgan fingerprint density at radius 3 is 2.17 bits per heavy atom. The van der Waals surface area contributed by atoms with Crippen molar-refractivity contribution in [1.29, 1.82) is 5.26 Å². The quantitative estimate of drug-likeness (QED) is 0.105. The molecule has 1 saturated heterocycles. The van der Waals surface area contributed by atoms with E-state index in [9.17, 15) is 36.0 Å². The highest BCUT2D eigenvalue weighted by molar-refractivity contribution is 7.86. The van der Waals surface area contributed by atoms with Gasteiger partial charge in [-0.2, -0.15) is 27.2 Å². The SMILES string of the molecule is N#Cc1c(-c2ccccc2)nn(-c2c(Cl)cc(S(=O)(=O)O)cc2Cl)c1N=Nc1ccc(N2CCOCC2)cc1NC(=O)c1cccc(S(=O)(=O)O)c1. The molecule has 4 aromatic carbocycles. The first-order valence-corrected chi connectivity index (χ1v) is 18.7. The molecule has 1 aliphatic rings. The number of hydrogen-bond acceptors (Lipinski definition) is 11. The Balaban J connectivity index is 1.49. The van der Waals surface area contributed by atoms with Gasteiger partial charge in [0.15, 0.2) is 5.82 Å². The third-order valence-electron chi connectivity index (χ3n) is 7.77. The van der Waals surface area contributed by atoms with Crippen LogP contribution in [0.1, 0.15) is 15.9 Å². The maximum Gasteiger partial charge on any atom is 0.294 e. The molecule has 15 nitrogen and oxygen atoms in total. The van der Waals surface area contributed by atoms with Crippen molar-refractivity contribution >= 4 is 72.2 Å². The zero-order valence-corrected chi connectivity index (χ0v) is 29.7. The number of ether oxygens (including phenoxy) is 1. The second kappa shape index (κ2) is 14.8. The Hall–Kier alpha value is -5.19. The van der Waals surface area contributed by atoms with Crippen molar-refractivity contribution in [3.8, 4) is 23.0 Å². The van der Waals surface area contributed by atoms with Crippen LogP contribution < -0.4 is 10.2 Å². The van der Waals surface area contributed by atoms with Gasteiger partial charge in [0.1, 0.15) is 28.7 Å². The molecule has 266 valence electrons. The Bertz CT molecular complexity index is 2480. The number of nitrogens with one attached hydrogen (secondary N) is 1. The van der Waals surface area contributed by atoms with Crippen molar-refractivity contribution in [1.82, 2.24) is 9.78 Å². The molecule has 2 heterocycles. The summed E-state index contributed by atoms with van der Waals surface area (Å²) in [5.74, 6) is -0.896. The van der Waals surface area contributed by atoms with Crippen molar-refractivity contribution in [3.63, 3.8) is 0 Å². The van der Waals surface area contributed by atoms with Crippen molar-refractivity contribution in [3.05, 3.63) is 106 Å². The lowest BCUT2D eigenvalue weighted by Crippen LogP contribution is -2.36. The van der Waals surface area contributed by atoms with E-state index in [-0.39, 0.29) is 49.7 Å². The number of azo groups is 1. The molecule has 19 heteroatoms. The molecular weight excluding hydrogens is 757 g/mol. The van der Waals surface area contributed by atoms with Gasteiger partial charge in [-0.1, -0.05) is 59.6 Å². The molecule has 52 heavy (non-hydrogen) atoms. The molecule has 1 aliphatic heterocycles. The van der Waals surface area contributed by atoms with Crippen molar-refractivity contribution in [2.24, 2.45) is 10.2 Å². The fourth-order valence-corrected chi connectivity index (χ4v) is 7.11. The first-order valence-electron chi connectivity index (χ1n) is 15.1. The van der Waals surface area contributed by atoms with Gasteiger partial charge in [0.25, 0.3) is 26.1 Å². The van der Waals surface area contributed by atoms with Crippen LogP contribution in [-0.4, -0.2) is 67.9 Å². The summed E-state index contributed by atoms with van der Waals surface area (Å²) in [6.45, 7) is 2.09. The summed E-state index contributed by atoms with van der Waals surface area (Å²) in [6.07, 6.45) is 0. The van der Waals surface area contributed by atoms with Crippen LogP contribution in [0.5, 0.6) is 0 Å². The maximum absolute atomic E-state index is 13.4. The van der Waals surface area contributed by atoms with Crippen molar-refractivity contribution < 1.29 is 35.5 Å². The van der Waals surface area contributed by atoms with Crippen LogP contribution >= 0.6 is 23.2 Å². The molecule has 6 rings (SSSR count). The van der Waals surface area contributed by atoms with Crippen LogP contribution in [-0.2, 0) is 25.0 Å². The van der Waals surface area contributed by atoms with Gasteiger partial charge in [0.2, 0.25) is 0 Å². The summed E-state index contributed by atoms with van der Waals surface area (Å²) >= 11 is 13.0. The molecule has 3 N–H and O–H groups in total. The lowest BCUT2D eigenvalue weighted by atomic mass is 10.1. The van der Waals surface area contributed by atoms with Gasteiger partial charge in [0.05, 0.1) is 38.7 Å². The first kappa shape index (κ1) is 36.6. The number of halogens is 2. The third-order valence-corrected chi connectivity index (χ3v) is 10.0. The van der Waals surface area contributed by atoms with Crippen molar-refractivity contribution in [2.75, 3.05) is 36.5 Å². The van der Waals surface area contributed by atoms with Gasteiger partial charge in [-0.3, -0.25) is 13.9 Å². The van der Waals surface area contributed by atoms with E-state index >= 15 is 0 Å². The number of carbonyl (C=O) groups is 1. The lowest BCUT2D eigenvalue weighted by Gasteiger charge is -2.29. The van der Waals surface area contributed by atoms with Gasteiger partial charge < -0.3 is 15.0 Å². The molecule has 0 bridgehead atoms. The summed E-state index contributed by atoms with van der Waals surface area (Å²) in [4.78, 5) is 14.4. The number of carbonyl (C=O) groups excluding carboxylic acids is 1. The Labute approximate surface area is 307 Å². The lowest BCUT2D eigenvalue weighted by molar-refractivity contribution is 0.102. The van der Waals surface area contributed by atoms with E-state index in [4.69, 9.17) is 27.9 Å². The standard InChI is InChI=1S/C33H25Cl2N7O8S2/c34-26-17-24(52(47,48)49)18-27(35)31(26)42-32(25(19-36)30(40-42)20-5-2-1-3-6-20)39-38-28-10-9-22(41-11-13-50-14-12-41)16-29(28)37-33(43)21-7-4-8-23(15-21)51(44,45)46/h1-10,15-18H,11-14H2,(H,37,43)(H,44,45,46)(H,47,48,49). The number of aromatic nitrogens is 2. The number of morpholine rings is 1. The van der Waals surface area contributed by atoms with Crippen molar-refractivity contribution in [2.45, 2.75) is 9.79 Å². The fourth-order valence-electron chi connectivity index (χ4n) is 5.28. The number of nitriles is 1.